The third-order valence-electron chi connectivity index (χ3n) is 2.37. The Kier molecular flexibility index (Phi) is 4.55. The van der Waals surface area contributed by atoms with Crippen LogP contribution in [-0.4, -0.2) is 21.8 Å². The molecule has 5 heteroatoms. The lowest BCUT2D eigenvalue weighted by Gasteiger charge is -2.08. The summed E-state index contributed by atoms with van der Waals surface area (Å²) < 4.78 is 1.25. The van der Waals surface area contributed by atoms with Crippen molar-refractivity contribution < 1.29 is 0 Å². The Labute approximate surface area is 122 Å². The minimum absolute atomic E-state index is 0.385. The Morgan fingerprint density at radius 3 is 2.69 bits per heavy atom. The fourth-order valence-corrected chi connectivity index (χ4v) is 3.73. The molecule has 2 unspecified atom stereocenters. The molecular formula is C11H12BrIN2S. The van der Waals surface area contributed by atoms with E-state index in [1.54, 1.807) is 0 Å². The number of hydrogen-bond acceptors (Lipinski definition) is 3. The van der Waals surface area contributed by atoms with Crippen molar-refractivity contribution >= 4 is 61.1 Å². The van der Waals surface area contributed by atoms with Gasteiger partial charge in [0.1, 0.15) is 0 Å². The van der Waals surface area contributed by atoms with Crippen molar-refractivity contribution in [3.05, 3.63) is 27.8 Å². The summed E-state index contributed by atoms with van der Waals surface area (Å²) in [5.41, 5.74) is 1.11. The van der Waals surface area contributed by atoms with Gasteiger partial charge >= 0.3 is 0 Å². The SMILES string of the molecule is CC1N=C(Nc2ccc(I)cc2)SC1CBr. The minimum atomic E-state index is 0.385. The van der Waals surface area contributed by atoms with Crippen molar-refractivity contribution in [1.82, 2.24) is 0 Å². The average Bonchev–Trinajstić information content (AvgIpc) is 2.62. The lowest BCUT2D eigenvalue weighted by atomic mass is 10.3. The van der Waals surface area contributed by atoms with Gasteiger partial charge in [-0.05, 0) is 53.8 Å². The lowest BCUT2D eigenvalue weighted by Crippen LogP contribution is -2.14. The van der Waals surface area contributed by atoms with Crippen LogP contribution in [0.4, 0.5) is 5.69 Å². The largest absolute Gasteiger partial charge is 0.335 e. The maximum atomic E-state index is 4.60. The molecule has 1 heterocycles. The maximum Gasteiger partial charge on any atom is 0.161 e. The van der Waals surface area contributed by atoms with E-state index in [0.29, 0.717) is 11.3 Å². The zero-order chi connectivity index (χ0) is 11.5. The van der Waals surface area contributed by atoms with E-state index in [9.17, 15) is 0 Å². The fourth-order valence-electron chi connectivity index (χ4n) is 1.42. The number of nitrogens with one attached hydrogen (secondary N) is 1. The van der Waals surface area contributed by atoms with Gasteiger partial charge in [-0.15, -0.1) is 0 Å². The van der Waals surface area contributed by atoms with Crippen molar-refractivity contribution in [2.75, 3.05) is 10.6 Å². The minimum Gasteiger partial charge on any atom is -0.335 e. The Balaban J connectivity index is 2.01. The van der Waals surface area contributed by atoms with E-state index in [2.05, 4.69) is 80.0 Å². The second-order valence-corrected chi connectivity index (χ2v) is 6.74. The van der Waals surface area contributed by atoms with Crippen LogP contribution in [0.5, 0.6) is 0 Å². The highest BCUT2D eigenvalue weighted by atomic mass is 127. The number of alkyl halides is 1. The van der Waals surface area contributed by atoms with Crippen LogP contribution in [0.1, 0.15) is 6.92 Å². The molecule has 2 atom stereocenters. The first kappa shape index (κ1) is 12.7. The molecule has 1 aromatic rings. The van der Waals surface area contributed by atoms with Crippen molar-refractivity contribution in [1.29, 1.82) is 0 Å². The third kappa shape index (κ3) is 3.13. The molecule has 0 radical (unpaired) electrons. The molecule has 0 spiro atoms. The van der Waals surface area contributed by atoms with E-state index in [1.807, 2.05) is 11.8 Å². The van der Waals surface area contributed by atoms with Gasteiger partial charge in [-0.3, -0.25) is 4.99 Å². The standard InChI is InChI=1S/C11H12BrIN2S/c1-7-10(6-12)16-11(14-7)15-9-4-2-8(13)3-5-9/h2-5,7,10H,6H2,1H3,(H,14,15). The molecule has 1 aromatic carbocycles. The molecule has 1 aliphatic rings. The van der Waals surface area contributed by atoms with E-state index >= 15 is 0 Å². The Bertz CT molecular complexity index is 393. The van der Waals surface area contributed by atoms with Crippen molar-refractivity contribution in [2.24, 2.45) is 4.99 Å². The number of aliphatic imine (C=N–C) groups is 1. The van der Waals surface area contributed by atoms with E-state index in [1.165, 1.54) is 3.57 Å². The van der Waals surface area contributed by atoms with Gasteiger partial charge in [0, 0.05) is 19.8 Å². The summed E-state index contributed by atoms with van der Waals surface area (Å²) in [6, 6.07) is 8.73. The average molecular weight is 411 g/mol. The summed E-state index contributed by atoms with van der Waals surface area (Å²) in [5.74, 6) is 0. The molecule has 0 saturated heterocycles. The Hall–Kier alpha value is 0.250. The Morgan fingerprint density at radius 1 is 1.44 bits per heavy atom. The molecule has 0 amide bonds. The summed E-state index contributed by atoms with van der Waals surface area (Å²) >= 11 is 7.63. The van der Waals surface area contributed by atoms with E-state index in [0.717, 1.165) is 16.2 Å². The predicted octanol–water partition coefficient (Wildman–Crippen LogP) is 3.96. The molecule has 0 aromatic heterocycles. The highest BCUT2D eigenvalue weighted by molar-refractivity contribution is 14.1. The first-order valence-corrected chi connectivity index (χ1v) is 8.10. The quantitative estimate of drug-likeness (QED) is 0.589. The highest BCUT2D eigenvalue weighted by Crippen LogP contribution is 2.28. The van der Waals surface area contributed by atoms with E-state index < -0.39 is 0 Å². The van der Waals surface area contributed by atoms with Gasteiger partial charge in [0.15, 0.2) is 5.17 Å². The number of halogens is 2. The summed E-state index contributed by atoms with van der Waals surface area (Å²) in [4.78, 5) is 4.60. The zero-order valence-corrected chi connectivity index (χ0v) is 13.3. The first-order chi connectivity index (χ1) is 7.69. The number of rotatable bonds is 2. The molecule has 2 rings (SSSR count). The third-order valence-corrected chi connectivity index (χ3v) is 5.51. The van der Waals surface area contributed by atoms with Gasteiger partial charge in [-0.1, -0.05) is 27.7 Å². The normalized spacial score (nSPS) is 24.3. The molecule has 86 valence electrons. The molecule has 1 aliphatic heterocycles. The zero-order valence-electron chi connectivity index (χ0n) is 8.78. The van der Waals surface area contributed by atoms with Crippen molar-refractivity contribution in [3.63, 3.8) is 0 Å². The molecule has 2 nitrogen and oxygen atoms in total. The number of nitrogens with zero attached hydrogens (tertiary/aromatic N) is 1. The maximum absolute atomic E-state index is 4.60. The van der Waals surface area contributed by atoms with Gasteiger partial charge < -0.3 is 5.32 Å². The van der Waals surface area contributed by atoms with Crippen LogP contribution in [0, 0.1) is 3.57 Å². The molecule has 0 fully saturated rings. The molecule has 16 heavy (non-hydrogen) atoms. The number of thioether (sulfide) groups is 1. The van der Waals surface area contributed by atoms with Crippen LogP contribution in [0.2, 0.25) is 0 Å². The van der Waals surface area contributed by atoms with Crippen LogP contribution in [0.15, 0.2) is 29.3 Å². The summed E-state index contributed by atoms with van der Waals surface area (Å²) in [7, 11) is 0. The number of anilines is 1. The number of amidine groups is 1. The van der Waals surface area contributed by atoms with Crippen LogP contribution < -0.4 is 5.32 Å². The van der Waals surface area contributed by atoms with Gasteiger partial charge in [0.05, 0.1) is 6.04 Å². The van der Waals surface area contributed by atoms with Gasteiger partial charge in [0.2, 0.25) is 0 Å². The lowest BCUT2D eigenvalue weighted by molar-refractivity contribution is 0.758. The van der Waals surface area contributed by atoms with Gasteiger partial charge in [-0.2, -0.15) is 0 Å². The van der Waals surface area contributed by atoms with E-state index in [4.69, 9.17) is 0 Å². The van der Waals surface area contributed by atoms with E-state index in [-0.39, 0.29) is 0 Å². The fraction of sp³-hybridized carbons (Fsp3) is 0.364. The summed E-state index contributed by atoms with van der Waals surface area (Å²) in [5, 5.41) is 5.91. The number of benzene rings is 1. The van der Waals surface area contributed by atoms with Gasteiger partial charge in [0.25, 0.3) is 0 Å². The second kappa shape index (κ2) is 5.73. The Morgan fingerprint density at radius 2 is 2.12 bits per heavy atom. The topological polar surface area (TPSA) is 24.4 Å². The smallest absolute Gasteiger partial charge is 0.161 e. The molecular weight excluding hydrogens is 399 g/mol. The van der Waals surface area contributed by atoms with Crippen molar-refractivity contribution in [2.45, 2.75) is 18.2 Å². The van der Waals surface area contributed by atoms with Crippen LogP contribution in [0.3, 0.4) is 0 Å². The monoisotopic (exact) mass is 410 g/mol. The molecule has 0 bridgehead atoms. The van der Waals surface area contributed by atoms with Crippen LogP contribution in [-0.2, 0) is 0 Å². The number of hydrogen-bond donors (Lipinski definition) is 1. The van der Waals surface area contributed by atoms with Crippen LogP contribution >= 0.6 is 50.3 Å². The van der Waals surface area contributed by atoms with Crippen LogP contribution in [0.25, 0.3) is 0 Å². The highest BCUT2D eigenvalue weighted by Gasteiger charge is 2.25. The molecule has 0 aliphatic carbocycles. The molecule has 1 N–H and O–H groups in total. The van der Waals surface area contributed by atoms with Gasteiger partial charge in [-0.25, -0.2) is 0 Å². The van der Waals surface area contributed by atoms with Crippen molar-refractivity contribution in [3.8, 4) is 0 Å². The second-order valence-electron chi connectivity index (χ2n) is 3.62. The summed E-state index contributed by atoms with van der Waals surface area (Å²) in [6.07, 6.45) is 0. The predicted molar refractivity (Wildman–Crippen MR) is 84.9 cm³/mol. The molecule has 0 saturated carbocycles. The first-order valence-electron chi connectivity index (χ1n) is 5.02. The summed E-state index contributed by atoms with van der Waals surface area (Å²) in [6.45, 7) is 2.15.